The summed E-state index contributed by atoms with van der Waals surface area (Å²) >= 11 is 0. The van der Waals surface area contributed by atoms with E-state index in [1.54, 1.807) is 7.11 Å². The van der Waals surface area contributed by atoms with E-state index in [1.807, 2.05) is 0 Å². The molecule has 0 aliphatic heterocycles. The van der Waals surface area contributed by atoms with E-state index in [4.69, 9.17) is 9.84 Å². The van der Waals surface area contributed by atoms with Crippen molar-refractivity contribution in [3.63, 3.8) is 0 Å². The van der Waals surface area contributed by atoms with Gasteiger partial charge in [0.15, 0.2) is 0 Å². The molecule has 0 radical (unpaired) electrons. The topological polar surface area (TPSA) is 29.5 Å². The molecule has 0 bridgehead atoms. The van der Waals surface area contributed by atoms with E-state index in [9.17, 15) is 0 Å². The predicted molar refractivity (Wildman–Crippen MR) is 53.5 cm³/mol. The monoisotopic (exact) mass is 184 g/mol. The van der Waals surface area contributed by atoms with Crippen LogP contribution in [0.25, 0.3) is 0 Å². The average molecular weight is 184 g/mol. The van der Waals surface area contributed by atoms with Crippen molar-refractivity contribution < 1.29 is 9.84 Å². The highest BCUT2D eigenvalue weighted by Crippen LogP contribution is 2.51. The number of methoxy groups -OCH3 is 1. The van der Waals surface area contributed by atoms with E-state index in [0.29, 0.717) is 12.5 Å². The average Bonchev–Trinajstić information content (AvgIpc) is 2.04. The molecule has 1 unspecified atom stereocenters. The lowest BCUT2D eigenvalue weighted by atomic mass is 9.58. The lowest BCUT2D eigenvalue weighted by molar-refractivity contribution is 0.0807. The van der Waals surface area contributed by atoms with Gasteiger partial charge in [-0.25, -0.2) is 0 Å². The van der Waals surface area contributed by atoms with Crippen LogP contribution in [0.15, 0.2) is 11.1 Å². The number of allylic oxidation sites excluding steroid dienone is 1. The summed E-state index contributed by atoms with van der Waals surface area (Å²) < 4.78 is 5.10. The Hall–Kier alpha value is -0.340. The highest BCUT2D eigenvalue weighted by atomic mass is 16.5. The second kappa shape index (κ2) is 3.81. The highest BCUT2D eigenvalue weighted by molar-refractivity contribution is 5.29. The number of ether oxygens (including phenoxy) is 1. The minimum Gasteiger partial charge on any atom is -0.396 e. The number of aliphatic hydroxyl groups is 1. The fraction of sp³-hybridized carbons (Fsp3) is 0.818. The summed E-state index contributed by atoms with van der Waals surface area (Å²) in [4.78, 5) is 0. The fourth-order valence-electron chi connectivity index (χ4n) is 2.20. The van der Waals surface area contributed by atoms with Crippen molar-refractivity contribution in [2.75, 3.05) is 20.3 Å². The first kappa shape index (κ1) is 10.7. The third-order valence-electron chi connectivity index (χ3n) is 3.35. The SMILES string of the molecule is COC/C(C)=C1\CC(CO)C1(C)C. The molecule has 1 saturated carbocycles. The maximum absolute atomic E-state index is 9.10. The van der Waals surface area contributed by atoms with Gasteiger partial charge in [0.2, 0.25) is 0 Å². The summed E-state index contributed by atoms with van der Waals surface area (Å²) in [6.07, 6.45) is 1.04. The largest absolute Gasteiger partial charge is 0.396 e. The quantitative estimate of drug-likeness (QED) is 0.680. The van der Waals surface area contributed by atoms with Gasteiger partial charge in [-0.15, -0.1) is 0 Å². The van der Waals surface area contributed by atoms with Gasteiger partial charge in [0.05, 0.1) is 6.61 Å². The summed E-state index contributed by atoms with van der Waals surface area (Å²) in [5.74, 6) is 0.439. The molecule has 1 rings (SSSR count). The van der Waals surface area contributed by atoms with Gasteiger partial charge in [0.25, 0.3) is 0 Å². The van der Waals surface area contributed by atoms with Gasteiger partial charge in [-0.2, -0.15) is 0 Å². The molecule has 1 N–H and O–H groups in total. The van der Waals surface area contributed by atoms with Crippen LogP contribution in [0.3, 0.4) is 0 Å². The molecule has 1 aliphatic carbocycles. The zero-order chi connectivity index (χ0) is 10.1. The second-order valence-electron chi connectivity index (χ2n) is 4.50. The number of rotatable bonds is 3. The van der Waals surface area contributed by atoms with Crippen molar-refractivity contribution in [2.24, 2.45) is 11.3 Å². The number of hydrogen-bond donors (Lipinski definition) is 1. The summed E-state index contributed by atoms with van der Waals surface area (Å²) in [6, 6.07) is 0. The van der Waals surface area contributed by atoms with Gasteiger partial charge < -0.3 is 9.84 Å². The molecule has 1 aliphatic rings. The Morgan fingerprint density at radius 3 is 2.62 bits per heavy atom. The highest BCUT2D eigenvalue weighted by Gasteiger charge is 2.43. The molecule has 0 amide bonds. The van der Waals surface area contributed by atoms with E-state index in [0.717, 1.165) is 13.0 Å². The molecule has 0 saturated heterocycles. The smallest absolute Gasteiger partial charge is 0.0673 e. The Kier molecular flexibility index (Phi) is 3.14. The van der Waals surface area contributed by atoms with Crippen LogP contribution in [0, 0.1) is 11.3 Å². The Morgan fingerprint density at radius 2 is 2.23 bits per heavy atom. The van der Waals surface area contributed by atoms with Crippen molar-refractivity contribution in [1.82, 2.24) is 0 Å². The van der Waals surface area contributed by atoms with Crippen LogP contribution in [-0.2, 0) is 4.74 Å². The first-order valence-corrected chi connectivity index (χ1v) is 4.83. The van der Waals surface area contributed by atoms with Crippen LogP contribution >= 0.6 is 0 Å². The molecule has 0 aromatic heterocycles. The van der Waals surface area contributed by atoms with Gasteiger partial charge in [-0.05, 0) is 30.3 Å². The van der Waals surface area contributed by atoms with Gasteiger partial charge in [-0.3, -0.25) is 0 Å². The standard InChI is InChI=1S/C11H20O2/c1-8(7-13-4)10-5-9(6-12)11(10,2)3/h9,12H,5-7H2,1-4H3/b10-8+. The van der Waals surface area contributed by atoms with Crippen molar-refractivity contribution in [3.8, 4) is 0 Å². The fourth-order valence-corrected chi connectivity index (χ4v) is 2.20. The molecule has 0 heterocycles. The van der Waals surface area contributed by atoms with Gasteiger partial charge in [-0.1, -0.05) is 19.4 Å². The molecular formula is C11H20O2. The van der Waals surface area contributed by atoms with Crippen molar-refractivity contribution in [2.45, 2.75) is 27.2 Å². The third-order valence-corrected chi connectivity index (χ3v) is 3.35. The molecule has 2 heteroatoms. The molecule has 0 aromatic rings. The lowest BCUT2D eigenvalue weighted by Gasteiger charge is -2.48. The van der Waals surface area contributed by atoms with Gasteiger partial charge in [0, 0.05) is 13.7 Å². The Labute approximate surface area is 80.6 Å². The number of hydrogen-bond acceptors (Lipinski definition) is 2. The number of aliphatic hydroxyl groups excluding tert-OH is 1. The van der Waals surface area contributed by atoms with Crippen LogP contribution in [0.5, 0.6) is 0 Å². The third kappa shape index (κ3) is 1.79. The molecule has 0 aromatic carbocycles. The van der Waals surface area contributed by atoms with E-state index < -0.39 is 0 Å². The van der Waals surface area contributed by atoms with E-state index in [2.05, 4.69) is 20.8 Å². The first-order chi connectivity index (χ1) is 6.04. The van der Waals surface area contributed by atoms with Gasteiger partial charge >= 0.3 is 0 Å². The van der Waals surface area contributed by atoms with Crippen LogP contribution in [0.4, 0.5) is 0 Å². The van der Waals surface area contributed by atoms with Crippen LogP contribution < -0.4 is 0 Å². The predicted octanol–water partition coefficient (Wildman–Crippen LogP) is 1.99. The molecule has 13 heavy (non-hydrogen) atoms. The van der Waals surface area contributed by atoms with Crippen molar-refractivity contribution in [1.29, 1.82) is 0 Å². The molecule has 2 nitrogen and oxygen atoms in total. The molecule has 76 valence electrons. The Morgan fingerprint density at radius 1 is 1.62 bits per heavy atom. The molecule has 1 atom stereocenters. The van der Waals surface area contributed by atoms with Crippen LogP contribution in [0.2, 0.25) is 0 Å². The lowest BCUT2D eigenvalue weighted by Crippen LogP contribution is -2.41. The van der Waals surface area contributed by atoms with Crippen molar-refractivity contribution in [3.05, 3.63) is 11.1 Å². The minimum absolute atomic E-state index is 0.178. The molecular weight excluding hydrogens is 164 g/mol. The second-order valence-corrected chi connectivity index (χ2v) is 4.50. The normalized spacial score (nSPS) is 29.8. The summed E-state index contributed by atoms with van der Waals surface area (Å²) in [5, 5.41) is 9.10. The zero-order valence-corrected chi connectivity index (χ0v) is 9.05. The van der Waals surface area contributed by atoms with Crippen molar-refractivity contribution >= 4 is 0 Å². The molecule has 1 fully saturated rings. The summed E-state index contributed by atoms with van der Waals surface area (Å²) in [7, 11) is 1.72. The Balaban J connectivity index is 2.71. The maximum Gasteiger partial charge on any atom is 0.0673 e. The Bertz CT molecular complexity index is 216. The van der Waals surface area contributed by atoms with Crippen LogP contribution in [0.1, 0.15) is 27.2 Å². The maximum atomic E-state index is 9.10. The van der Waals surface area contributed by atoms with E-state index in [-0.39, 0.29) is 5.41 Å². The van der Waals surface area contributed by atoms with Gasteiger partial charge in [0.1, 0.15) is 0 Å². The van der Waals surface area contributed by atoms with E-state index >= 15 is 0 Å². The minimum atomic E-state index is 0.178. The summed E-state index contributed by atoms with van der Waals surface area (Å²) in [5.41, 5.74) is 2.97. The first-order valence-electron chi connectivity index (χ1n) is 4.83. The summed E-state index contributed by atoms with van der Waals surface area (Å²) in [6.45, 7) is 7.54. The van der Waals surface area contributed by atoms with Crippen LogP contribution in [-0.4, -0.2) is 25.4 Å². The van der Waals surface area contributed by atoms with E-state index in [1.165, 1.54) is 11.1 Å². The molecule has 0 spiro atoms. The zero-order valence-electron chi connectivity index (χ0n) is 9.05.